The van der Waals surface area contributed by atoms with Crippen LogP contribution in [-0.2, 0) is 16.1 Å². The second-order valence-electron chi connectivity index (χ2n) is 8.28. The fourth-order valence-electron chi connectivity index (χ4n) is 4.28. The van der Waals surface area contributed by atoms with Crippen LogP contribution in [0, 0.1) is 0 Å². The number of aliphatic imine (C=N–C) groups is 1. The molecule has 1 unspecified atom stereocenters. The number of benzene rings is 2. The highest BCUT2D eigenvalue weighted by Crippen LogP contribution is 2.31. The number of hydrogen-bond donors (Lipinski definition) is 3. The standard InChI is InChI=1S/C25H31N5O2/c1-2-26-25(28-17-19-15-23(31)29-22-8-4-3-7-21(19)22)27-16-18-10-12-20(13-11-18)30-14-6-5-9-24(30)32/h3-4,7-8,10-13,19H,2,5-6,9,14-17H2,1H3,(H,29,31)(H2,26,27,28). The molecule has 1 fully saturated rings. The van der Waals surface area contributed by atoms with Gasteiger partial charge in [0.2, 0.25) is 11.8 Å². The lowest BCUT2D eigenvalue weighted by Crippen LogP contribution is -2.40. The van der Waals surface area contributed by atoms with E-state index in [0.29, 0.717) is 25.9 Å². The second kappa shape index (κ2) is 10.3. The van der Waals surface area contributed by atoms with Gasteiger partial charge in [-0.3, -0.25) is 9.59 Å². The summed E-state index contributed by atoms with van der Waals surface area (Å²) in [5.74, 6) is 1.08. The van der Waals surface area contributed by atoms with Crippen molar-refractivity contribution in [2.24, 2.45) is 4.99 Å². The van der Waals surface area contributed by atoms with Crippen molar-refractivity contribution in [3.63, 3.8) is 0 Å². The van der Waals surface area contributed by atoms with Crippen LogP contribution in [0.3, 0.4) is 0 Å². The van der Waals surface area contributed by atoms with Crippen molar-refractivity contribution in [1.82, 2.24) is 10.6 Å². The van der Waals surface area contributed by atoms with E-state index in [0.717, 1.165) is 54.4 Å². The zero-order valence-electron chi connectivity index (χ0n) is 18.6. The van der Waals surface area contributed by atoms with Crippen LogP contribution in [0.4, 0.5) is 11.4 Å². The van der Waals surface area contributed by atoms with Gasteiger partial charge in [-0.05, 0) is 49.1 Å². The fraction of sp³-hybridized carbons (Fsp3) is 0.400. The summed E-state index contributed by atoms with van der Waals surface area (Å²) in [4.78, 5) is 30.8. The number of fused-ring (bicyclic) bond motifs is 1. The Morgan fingerprint density at radius 1 is 1.09 bits per heavy atom. The first-order valence-electron chi connectivity index (χ1n) is 11.4. The van der Waals surface area contributed by atoms with Gasteiger partial charge < -0.3 is 20.9 Å². The Labute approximate surface area is 189 Å². The van der Waals surface area contributed by atoms with E-state index >= 15 is 0 Å². The molecule has 4 rings (SSSR count). The molecule has 3 N–H and O–H groups in total. The van der Waals surface area contributed by atoms with E-state index in [9.17, 15) is 9.59 Å². The van der Waals surface area contributed by atoms with Gasteiger partial charge in [0.25, 0.3) is 0 Å². The summed E-state index contributed by atoms with van der Waals surface area (Å²) < 4.78 is 0. The zero-order chi connectivity index (χ0) is 22.3. The third-order valence-corrected chi connectivity index (χ3v) is 5.96. The molecule has 7 heteroatoms. The van der Waals surface area contributed by atoms with Gasteiger partial charge in [-0.15, -0.1) is 0 Å². The second-order valence-corrected chi connectivity index (χ2v) is 8.28. The molecule has 7 nitrogen and oxygen atoms in total. The zero-order valence-corrected chi connectivity index (χ0v) is 18.6. The van der Waals surface area contributed by atoms with Crippen LogP contribution in [0.1, 0.15) is 49.7 Å². The average Bonchev–Trinajstić information content (AvgIpc) is 2.81. The summed E-state index contributed by atoms with van der Waals surface area (Å²) in [5.41, 5.74) is 4.09. The molecule has 0 aliphatic carbocycles. The maximum atomic E-state index is 12.1. The molecule has 1 saturated heterocycles. The molecule has 0 aromatic heterocycles. The summed E-state index contributed by atoms with van der Waals surface area (Å²) >= 11 is 0. The average molecular weight is 434 g/mol. The van der Waals surface area contributed by atoms with Gasteiger partial charge in [-0.2, -0.15) is 0 Å². The SMILES string of the molecule is CCNC(=NCc1ccc(N2CCCCC2=O)cc1)NCC1CC(=O)Nc2ccccc21. The van der Waals surface area contributed by atoms with Crippen molar-refractivity contribution in [3.05, 3.63) is 59.7 Å². The first-order chi connectivity index (χ1) is 15.6. The van der Waals surface area contributed by atoms with Crippen molar-refractivity contribution in [2.75, 3.05) is 29.9 Å². The Hall–Kier alpha value is -3.35. The number of carbonyl (C=O) groups is 2. The lowest BCUT2D eigenvalue weighted by atomic mass is 9.90. The minimum atomic E-state index is 0.0460. The lowest BCUT2D eigenvalue weighted by molar-refractivity contribution is -0.119. The normalized spacial score (nSPS) is 18.7. The summed E-state index contributed by atoms with van der Waals surface area (Å²) in [6.07, 6.45) is 3.14. The minimum absolute atomic E-state index is 0.0460. The number of rotatable bonds is 6. The Morgan fingerprint density at radius 3 is 2.69 bits per heavy atom. The Kier molecular flexibility index (Phi) is 7.04. The predicted molar refractivity (Wildman–Crippen MR) is 128 cm³/mol. The maximum Gasteiger partial charge on any atom is 0.226 e. The van der Waals surface area contributed by atoms with Crippen LogP contribution in [0.25, 0.3) is 0 Å². The molecular weight excluding hydrogens is 402 g/mol. The van der Waals surface area contributed by atoms with Crippen LogP contribution in [0.5, 0.6) is 0 Å². The van der Waals surface area contributed by atoms with Gasteiger partial charge in [0, 0.05) is 49.8 Å². The van der Waals surface area contributed by atoms with Crippen LogP contribution >= 0.6 is 0 Å². The first-order valence-corrected chi connectivity index (χ1v) is 11.4. The van der Waals surface area contributed by atoms with Crippen molar-refractivity contribution in [2.45, 2.75) is 45.1 Å². The highest BCUT2D eigenvalue weighted by molar-refractivity contribution is 5.95. The van der Waals surface area contributed by atoms with Crippen LogP contribution < -0.4 is 20.9 Å². The summed E-state index contributed by atoms with van der Waals surface area (Å²) in [7, 11) is 0. The maximum absolute atomic E-state index is 12.1. The minimum Gasteiger partial charge on any atom is -0.357 e. The topological polar surface area (TPSA) is 85.8 Å². The van der Waals surface area contributed by atoms with Crippen LogP contribution in [0.2, 0.25) is 0 Å². The Balaban J connectivity index is 1.38. The third-order valence-electron chi connectivity index (χ3n) is 5.96. The van der Waals surface area contributed by atoms with E-state index in [-0.39, 0.29) is 17.7 Å². The molecule has 2 aromatic carbocycles. The number of piperidine rings is 1. The number of amides is 2. The van der Waals surface area contributed by atoms with Gasteiger partial charge in [-0.1, -0.05) is 30.3 Å². The quantitative estimate of drug-likeness (QED) is 0.482. The van der Waals surface area contributed by atoms with Gasteiger partial charge >= 0.3 is 0 Å². The summed E-state index contributed by atoms with van der Waals surface area (Å²) in [6.45, 7) is 4.75. The van der Waals surface area contributed by atoms with Crippen molar-refractivity contribution in [3.8, 4) is 0 Å². The van der Waals surface area contributed by atoms with Gasteiger partial charge in [0.15, 0.2) is 5.96 Å². The van der Waals surface area contributed by atoms with E-state index in [4.69, 9.17) is 4.99 Å². The number of nitrogens with one attached hydrogen (secondary N) is 3. The molecule has 2 aliphatic heterocycles. The molecule has 32 heavy (non-hydrogen) atoms. The number of hydrogen-bond acceptors (Lipinski definition) is 3. The van der Waals surface area contributed by atoms with E-state index in [1.165, 1.54) is 0 Å². The van der Waals surface area contributed by atoms with Gasteiger partial charge in [-0.25, -0.2) is 4.99 Å². The number of guanidine groups is 1. The fourth-order valence-corrected chi connectivity index (χ4v) is 4.28. The number of anilines is 2. The molecule has 0 saturated carbocycles. The van der Waals surface area contributed by atoms with Gasteiger partial charge in [0.1, 0.15) is 0 Å². The molecule has 168 valence electrons. The largest absolute Gasteiger partial charge is 0.357 e. The molecule has 1 atom stereocenters. The van der Waals surface area contributed by atoms with Crippen molar-refractivity contribution >= 4 is 29.1 Å². The third kappa shape index (κ3) is 5.28. The number of para-hydroxylation sites is 1. The highest BCUT2D eigenvalue weighted by atomic mass is 16.2. The Morgan fingerprint density at radius 2 is 1.91 bits per heavy atom. The monoisotopic (exact) mass is 433 g/mol. The van der Waals surface area contributed by atoms with Gasteiger partial charge in [0.05, 0.1) is 6.54 Å². The lowest BCUT2D eigenvalue weighted by Gasteiger charge is -2.27. The molecule has 2 heterocycles. The van der Waals surface area contributed by atoms with Crippen molar-refractivity contribution in [1.29, 1.82) is 0 Å². The molecule has 2 aliphatic rings. The predicted octanol–water partition coefficient (Wildman–Crippen LogP) is 3.38. The summed E-state index contributed by atoms with van der Waals surface area (Å²) in [5, 5.41) is 9.62. The molecule has 0 bridgehead atoms. The van der Waals surface area contributed by atoms with E-state index in [1.54, 1.807) is 0 Å². The number of carbonyl (C=O) groups excluding carboxylic acids is 2. The molecule has 2 aromatic rings. The Bertz CT molecular complexity index is 986. The van der Waals surface area contributed by atoms with Crippen LogP contribution in [-0.4, -0.2) is 37.4 Å². The van der Waals surface area contributed by atoms with Crippen molar-refractivity contribution < 1.29 is 9.59 Å². The van der Waals surface area contributed by atoms with Crippen LogP contribution in [0.15, 0.2) is 53.5 Å². The van der Waals surface area contributed by atoms with E-state index in [1.807, 2.05) is 54.3 Å². The first kappa shape index (κ1) is 21.9. The number of nitrogens with zero attached hydrogens (tertiary/aromatic N) is 2. The van der Waals surface area contributed by atoms with E-state index < -0.39 is 0 Å². The molecule has 2 amide bonds. The molecule has 0 spiro atoms. The summed E-state index contributed by atoms with van der Waals surface area (Å²) in [6, 6.07) is 16.0. The smallest absolute Gasteiger partial charge is 0.226 e. The highest BCUT2D eigenvalue weighted by Gasteiger charge is 2.24. The van der Waals surface area contributed by atoms with E-state index in [2.05, 4.69) is 22.0 Å². The molecule has 0 radical (unpaired) electrons. The molecular formula is C25H31N5O2.